The Morgan fingerprint density at radius 2 is 2.05 bits per heavy atom. The summed E-state index contributed by atoms with van der Waals surface area (Å²) in [6.07, 6.45) is -0.534. The quantitative estimate of drug-likeness (QED) is 0.897. The van der Waals surface area contributed by atoms with Gasteiger partial charge in [-0.2, -0.15) is 0 Å². The molecule has 1 N–H and O–H groups in total. The summed E-state index contributed by atoms with van der Waals surface area (Å²) in [4.78, 5) is 2.17. The van der Waals surface area contributed by atoms with Crippen molar-refractivity contribution < 1.29 is 14.1 Å². The summed E-state index contributed by atoms with van der Waals surface area (Å²) < 4.78 is 17.3. The molecule has 2 rings (SSSR count). The van der Waals surface area contributed by atoms with E-state index in [1.807, 2.05) is 45.0 Å². The maximum Gasteiger partial charge on any atom is 0.119 e. The Kier molecular flexibility index (Phi) is 5.41. The molecule has 0 amide bonds. The molecule has 0 aromatic heterocycles. The summed E-state index contributed by atoms with van der Waals surface area (Å²) in [6.45, 7) is 8.43. The van der Waals surface area contributed by atoms with Crippen molar-refractivity contribution in [1.29, 1.82) is 0 Å². The van der Waals surface area contributed by atoms with E-state index in [2.05, 4.69) is 4.90 Å². The summed E-state index contributed by atoms with van der Waals surface area (Å²) >= 11 is 0. The monoisotopic (exact) mass is 311 g/mol. The van der Waals surface area contributed by atoms with E-state index in [-0.39, 0.29) is 11.4 Å². The smallest absolute Gasteiger partial charge is 0.119 e. The van der Waals surface area contributed by atoms with Crippen LogP contribution in [0, 0.1) is 6.92 Å². The summed E-state index contributed by atoms with van der Waals surface area (Å²) in [6, 6.07) is 7.80. The lowest BCUT2D eigenvalue weighted by molar-refractivity contribution is 0.0662. The van der Waals surface area contributed by atoms with Gasteiger partial charge in [-0.25, -0.2) is 0 Å². The van der Waals surface area contributed by atoms with Gasteiger partial charge in [-0.15, -0.1) is 0 Å². The zero-order valence-corrected chi connectivity index (χ0v) is 13.9. The van der Waals surface area contributed by atoms with Crippen LogP contribution in [-0.4, -0.2) is 57.1 Å². The maximum atomic E-state index is 11.9. The molecule has 0 aliphatic carbocycles. The number of nitrogens with zero attached hydrogens (tertiary/aromatic N) is 1. The number of rotatable bonds is 5. The maximum absolute atomic E-state index is 11.9. The van der Waals surface area contributed by atoms with E-state index in [0.29, 0.717) is 12.3 Å². The van der Waals surface area contributed by atoms with Crippen molar-refractivity contribution in [1.82, 2.24) is 4.90 Å². The fourth-order valence-corrected chi connectivity index (χ4v) is 3.81. The molecular formula is C16H25NO3S. The van der Waals surface area contributed by atoms with E-state index in [1.54, 1.807) is 0 Å². The number of aryl methyl sites for hydroxylation is 1. The highest BCUT2D eigenvalue weighted by Gasteiger charge is 2.33. The van der Waals surface area contributed by atoms with Gasteiger partial charge in [-0.1, -0.05) is 17.7 Å². The molecule has 0 radical (unpaired) electrons. The van der Waals surface area contributed by atoms with E-state index >= 15 is 0 Å². The molecule has 1 aliphatic rings. The number of hydrogen-bond donors (Lipinski definition) is 1. The third-order valence-electron chi connectivity index (χ3n) is 3.75. The lowest BCUT2D eigenvalue weighted by Crippen LogP contribution is -2.52. The standard InChI is InChI=1S/C16H25NO3S/c1-13-4-6-15(7-5-13)20-11-14(18)10-17-8-9-21(19)16(2,3)12-17/h4-7,14,18H,8-12H2,1-3H3. The average Bonchev–Trinajstić information content (AvgIpc) is 2.42. The topological polar surface area (TPSA) is 49.8 Å². The predicted molar refractivity (Wildman–Crippen MR) is 86.2 cm³/mol. The summed E-state index contributed by atoms with van der Waals surface area (Å²) in [5, 5.41) is 10.1. The lowest BCUT2D eigenvalue weighted by atomic mass is 10.1. The van der Waals surface area contributed by atoms with Crippen LogP contribution < -0.4 is 4.74 Å². The summed E-state index contributed by atoms with van der Waals surface area (Å²) in [5.74, 6) is 1.46. The highest BCUT2D eigenvalue weighted by Crippen LogP contribution is 2.20. The average molecular weight is 311 g/mol. The molecule has 1 aliphatic heterocycles. The van der Waals surface area contributed by atoms with Crippen LogP contribution >= 0.6 is 0 Å². The lowest BCUT2D eigenvalue weighted by Gasteiger charge is -2.38. The second kappa shape index (κ2) is 6.90. The Hall–Kier alpha value is -0.910. The van der Waals surface area contributed by atoms with Crippen LogP contribution in [0.2, 0.25) is 0 Å². The largest absolute Gasteiger partial charge is 0.491 e. The second-order valence-corrected chi connectivity index (χ2v) is 8.53. The van der Waals surface area contributed by atoms with Crippen LogP contribution in [0.5, 0.6) is 5.75 Å². The van der Waals surface area contributed by atoms with Crippen LogP contribution in [0.1, 0.15) is 19.4 Å². The first-order chi connectivity index (χ1) is 9.87. The summed E-state index contributed by atoms with van der Waals surface area (Å²) in [7, 11) is -0.776. The van der Waals surface area contributed by atoms with Gasteiger partial charge in [0, 0.05) is 36.2 Å². The van der Waals surface area contributed by atoms with Crippen LogP contribution in [0.4, 0.5) is 0 Å². The molecule has 1 aromatic rings. The van der Waals surface area contributed by atoms with Gasteiger partial charge in [0.2, 0.25) is 0 Å². The van der Waals surface area contributed by atoms with Crippen LogP contribution in [-0.2, 0) is 10.8 Å². The number of benzene rings is 1. The molecule has 118 valence electrons. The first kappa shape index (κ1) is 16.5. The second-order valence-electron chi connectivity index (χ2n) is 6.32. The van der Waals surface area contributed by atoms with E-state index in [0.717, 1.165) is 18.8 Å². The Labute approximate surface area is 129 Å². The molecule has 2 unspecified atom stereocenters. The van der Waals surface area contributed by atoms with Gasteiger partial charge < -0.3 is 9.84 Å². The fourth-order valence-electron chi connectivity index (χ4n) is 2.51. The van der Waals surface area contributed by atoms with Crippen molar-refractivity contribution in [2.75, 3.05) is 32.0 Å². The normalized spacial score (nSPS) is 23.7. The van der Waals surface area contributed by atoms with Gasteiger partial charge in [0.05, 0.1) is 4.75 Å². The minimum absolute atomic E-state index is 0.199. The number of aliphatic hydroxyl groups excluding tert-OH is 1. The predicted octanol–water partition coefficient (Wildman–Crippen LogP) is 1.58. The van der Waals surface area contributed by atoms with Crippen molar-refractivity contribution in [2.45, 2.75) is 31.6 Å². The van der Waals surface area contributed by atoms with Crippen molar-refractivity contribution in [3.05, 3.63) is 29.8 Å². The molecule has 5 heteroatoms. The molecule has 21 heavy (non-hydrogen) atoms. The Balaban J connectivity index is 1.78. The molecule has 0 spiro atoms. The van der Waals surface area contributed by atoms with Gasteiger partial charge in [0.1, 0.15) is 18.5 Å². The fraction of sp³-hybridized carbons (Fsp3) is 0.625. The molecule has 1 saturated heterocycles. The van der Waals surface area contributed by atoms with Crippen molar-refractivity contribution in [3.8, 4) is 5.75 Å². The minimum Gasteiger partial charge on any atom is -0.491 e. The first-order valence-electron chi connectivity index (χ1n) is 7.35. The van der Waals surface area contributed by atoms with Crippen molar-refractivity contribution >= 4 is 10.8 Å². The zero-order valence-electron chi connectivity index (χ0n) is 13.0. The molecular weight excluding hydrogens is 286 g/mol. The van der Waals surface area contributed by atoms with Crippen LogP contribution in [0.15, 0.2) is 24.3 Å². The van der Waals surface area contributed by atoms with Gasteiger partial charge in [0.25, 0.3) is 0 Å². The summed E-state index contributed by atoms with van der Waals surface area (Å²) in [5.41, 5.74) is 1.19. The molecule has 4 nitrogen and oxygen atoms in total. The first-order valence-corrected chi connectivity index (χ1v) is 8.67. The minimum atomic E-state index is -0.776. The third-order valence-corrected chi connectivity index (χ3v) is 5.66. The third kappa shape index (κ3) is 4.80. The number of hydrogen-bond acceptors (Lipinski definition) is 4. The van der Waals surface area contributed by atoms with Crippen molar-refractivity contribution in [3.63, 3.8) is 0 Å². The molecule has 2 atom stereocenters. The van der Waals surface area contributed by atoms with Gasteiger partial charge in [0.15, 0.2) is 0 Å². The molecule has 0 saturated carbocycles. The van der Waals surface area contributed by atoms with E-state index in [9.17, 15) is 9.32 Å². The molecule has 1 heterocycles. The van der Waals surface area contributed by atoms with Crippen LogP contribution in [0.25, 0.3) is 0 Å². The molecule has 1 fully saturated rings. The van der Waals surface area contributed by atoms with Gasteiger partial charge >= 0.3 is 0 Å². The Morgan fingerprint density at radius 1 is 1.38 bits per heavy atom. The van der Waals surface area contributed by atoms with Gasteiger partial charge in [-0.3, -0.25) is 9.11 Å². The van der Waals surface area contributed by atoms with E-state index < -0.39 is 16.9 Å². The van der Waals surface area contributed by atoms with E-state index in [4.69, 9.17) is 4.74 Å². The van der Waals surface area contributed by atoms with Crippen molar-refractivity contribution in [2.24, 2.45) is 0 Å². The highest BCUT2D eigenvalue weighted by atomic mass is 32.2. The SMILES string of the molecule is Cc1ccc(OCC(O)CN2CCS(=O)C(C)(C)C2)cc1. The Bertz CT molecular complexity index is 487. The number of ether oxygens (including phenoxy) is 1. The van der Waals surface area contributed by atoms with Gasteiger partial charge in [-0.05, 0) is 32.9 Å². The van der Waals surface area contributed by atoms with Crippen LogP contribution in [0.3, 0.4) is 0 Å². The highest BCUT2D eigenvalue weighted by molar-refractivity contribution is 7.86. The zero-order chi connectivity index (χ0) is 15.5. The number of aliphatic hydroxyl groups is 1. The number of β-amino-alcohol motifs (C(OH)–C–C–N with tert-alkyl or cyclic N) is 1. The van der Waals surface area contributed by atoms with E-state index in [1.165, 1.54) is 5.56 Å². The Morgan fingerprint density at radius 3 is 2.67 bits per heavy atom. The molecule has 1 aromatic carbocycles. The molecule has 0 bridgehead atoms.